The number of fused-ring (bicyclic) bond motifs is 1. The fourth-order valence-corrected chi connectivity index (χ4v) is 3.97. The van der Waals surface area contributed by atoms with Crippen molar-refractivity contribution in [2.45, 2.75) is 39.2 Å². The van der Waals surface area contributed by atoms with Crippen molar-refractivity contribution in [2.75, 3.05) is 24.5 Å². The van der Waals surface area contributed by atoms with Gasteiger partial charge in [0.05, 0.1) is 10.2 Å². The number of likely N-dealkylation sites (N-methyl/N-ethyl adjacent to an activating group) is 1. The SMILES string of the molecule is CCNCC1CCCCN1c1ncnc2c(C)csc12. The van der Waals surface area contributed by atoms with Crippen LogP contribution in [0.5, 0.6) is 0 Å². The summed E-state index contributed by atoms with van der Waals surface area (Å²) < 4.78 is 1.24. The number of hydrogen-bond acceptors (Lipinski definition) is 5. The highest BCUT2D eigenvalue weighted by Crippen LogP contribution is 2.33. The van der Waals surface area contributed by atoms with E-state index in [4.69, 9.17) is 0 Å². The van der Waals surface area contributed by atoms with Crippen LogP contribution in [0, 0.1) is 6.92 Å². The summed E-state index contributed by atoms with van der Waals surface area (Å²) >= 11 is 1.77. The molecule has 4 nitrogen and oxygen atoms in total. The first-order valence-electron chi connectivity index (χ1n) is 7.47. The fraction of sp³-hybridized carbons (Fsp3) is 0.600. The first-order valence-corrected chi connectivity index (χ1v) is 8.35. The lowest BCUT2D eigenvalue weighted by atomic mass is 10.0. The first kappa shape index (κ1) is 13.8. The van der Waals surface area contributed by atoms with E-state index in [9.17, 15) is 0 Å². The van der Waals surface area contributed by atoms with Crippen molar-refractivity contribution in [3.8, 4) is 0 Å². The zero-order chi connectivity index (χ0) is 13.9. The Hall–Kier alpha value is -1.20. The van der Waals surface area contributed by atoms with Crippen molar-refractivity contribution in [2.24, 2.45) is 0 Å². The van der Waals surface area contributed by atoms with E-state index in [1.54, 1.807) is 17.7 Å². The van der Waals surface area contributed by atoms with Gasteiger partial charge in [-0.05, 0) is 43.7 Å². The topological polar surface area (TPSA) is 41.0 Å². The third-order valence-corrected chi connectivity index (χ3v) is 5.12. The number of aromatic nitrogens is 2. The minimum absolute atomic E-state index is 0.559. The summed E-state index contributed by atoms with van der Waals surface area (Å²) in [5.41, 5.74) is 2.38. The van der Waals surface area contributed by atoms with Gasteiger partial charge in [0.2, 0.25) is 0 Å². The summed E-state index contributed by atoms with van der Waals surface area (Å²) in [5, 5.41) is 5.68. The number of anilines is 1. The number of nitrogens with zero attached hydrogens (tertiary/aromatic N) is 3. The lowest BCUT2D eigenvalue weighted by molar-refractivity contribution is 0.437. The maximum absolute atomic E-state index is 4.60. The number of nitrogens with one attached hydrogen (secondary N) is 1. The predicted molar refractivity (Wildman–Crippen MR) is 85.7 cm³/mol. The zero-order valence-electron chi connectivity index (χ0n) is 12.2. The van der Waals surface area contributed by atoms with Crippen LogP contribution in [-0.2, 0) is 0 Å². The molecule has 5 heteroatoms. The molecule has 2 aromatic heterocycles. The molecule has 20 heavy (non-hydrogen) atoms. The van der Waals surface area contributed by atoms with Crippen LogP contribution in [0.4, 0.5) is 5.82 Å². The maximum Gasteiger partial charge on any atom is 0.150 e. The van der Waals surface area contributed by atoms with Gasteiger partial charge in [0.1, 0.15) is 12.1 Å². The van der Waals surface area contributed by atoms with E-state index < -0.39 is 0 Å². The number of hydrogen-bond donors (Lipinski definition) is 1. The van der Waals surface area contributed by atoms with Crippen molar-refractivity contribution in [3.63, 3.8) is 0 Å². The molecule has 1 unspecified atom stereocenters. The Kier molecular flexibility index (Phi) is 4.17. The Morgan fingerprint density at radius 3 is 3.15 bits per heavy atom. The van der Waals surface area contributed by atoms with E-state index in [1.807, 2.05) is 0 Å². The zero-order valence-corrected chi connectivity index (χ0v) is 13.0. The second kappa shape index (κ2) is 6.06. The molecular formula is C15H22N4S. The highest BCUT2D eigenvalue weighted by molar-refractivity contribution is 7.18. The second-order valence-corrected chi connectivity index (χ2v) is 6.32. The van der Waals surface area contributed by atoms with Crippen molar-refractivity contribution in [1.82, 2.24) is 15.3 Å². The molecule has 108 valence electrons. The van der Waals surface area contributed by atoms with Gasteiger partial charge in [-0.25, -0.2) is 9.97 Å². The molecule has 0 spiro atoms. The molecule has 1 aliphatic rings. The Bertz CT molecular complexity index is 580. The second-order valence-electron chi connectivity index (χ2n) is 5.44. The van der Waals surface area contributed by atoms with Crippen molar-refractivity contribution in [3.05, 3.63) is 17.3 Å². The fourth-order valence-electron chi connectivity index (χ4n) is 2.96. The van der Waals surface area contributed by atoms with Gasteiger partial charge in [0, 0.05) is 19.1 Å². The van der Waals surface area contributed by atoms with E-state index in [0.29, 0.717) is 6.04 Å². The third kappa shape index (κ3) is 2.52. The van der Waals surface area contributed by atoms with Gasteiger partial charge in [-0.15, -0.1) is 11.3 Å². The van der Waals surface area contributed by atoms with Gasteiger partial charge in [0.25, 0.3) is 0 Å². The Morgan fingerprint density at radius 1 is 1.40 bits per heavy atom. The van der Waals surface area contributed by atoms with Crippen LogP contribution in [0.25, 0.3) is 10.2 Å². The molecule has 0 saturated carbocycles. The lowest BCUT2D eigenvalue weighted by Gasteiger charge is -2.37. The number of thiophene rings is 1. The van der Waals surface area contributed by atoms with Gasteiger partial charge in [-0.1, -0.05) is 6.92 Å². The summed E-state index contributed by atoms with van der Waals surface area (Å²) in [6, 6.07) is 0.559. The van der Waals surface area contributed by atoms with Crippen LogP contribution in [0.15, 0.2) is 11.7 Å². The first-order chi connectivity index (χ1) is 9.81. The Labute approximate surface area is 124 Å². The smallest absolute Gasteiger partial charge is 0.150 e. The molecule has 1 atom stereocenters. The van der Waals surface area contributed by atoms with Crippen LogP contribution < -0.4 is 10.2 Å². The third-order valence-electron chi connectivity index (χ3n) is 4.04. The lowest BCUT2D eigenvalue weighted by Crippen LogP contribution is -2.46. The van der Waals surface area contributed by atoms with E-state index in [2.05, 4.69) is 39.4 Å². The normalized spacial score (nSPS) is 19.7. The molecule has 3 rings (SSSR count). The van der Waals surface area contributed by atoms with Crippen molar-refractivity contribution in [1.29, 1.82) is 0 Å². The van der Waals surface area contributed by atoms with Gasteiger partial charge < -0.3 is 10.2 Å². The molecule has 0 bridgehead atoms. The predicted octanol–water partition coefficient (Wildman–Crippen LogP) is 2.97. The number of rotatable bonds is 4. The Balaban J connectivity index is 1.95. The minimum Gasteiger partial charge on any atom is -0.351 e. The van der Waals surface area contributed by atoms with Crippen LogP contribution in [0.3, 0.4) is 0 Å². The van der Waals surface area contributed by atoms with Crippen molar-refractivity contribution >= 4 is 27.4 Å². The molecule has 0 aromatic carbocycles. The molecule has 2 aromatic rings. The highest BCUT2D eigenvalue weighted by atomic mass is 32.1. The largest absolute Gasteiger partial charge is 0.351 e. The maximum atomic E-state index is 4.60. The van der Waals surface area contributed by atoms with E-state index >= 15 is 0 Å². The number of aryl methyl sites for hydroxylation is 1. The van der Waals surface area contributed by atoms with Crippen LogP contribution in [-0.4, -0.2) is 35.6 Å². The summed E-state index contributed by atoms with van der Waals surface area (Å²) in [6.07, 6.45) is 5.56. The monoisotopic (exact) mass is 290 g/mol. The molecule has 0 amide bonds. The molecule has 3 heterocycles. The van der Waals surface area contributed by atoms with Gasteiger partial charge in [0.15, 0.2) is 0 Å². The summed E-state index contributed by atoms with van der Waals surface area (Å²) in [6.45, 7) is 7.48. The standard InChI is InChI=1S/C15H22N4S/c1-3-16-8-12-6-4-5-7-19(12)15-14-13(17-10-18-15)11(2)9-20-14/h9-10,12,16H,3-8H2,1-2H3. The minimum atomic E-state index is 0.559. The van der Waals surface area contributed by atoms with Gasteiger partial charge >= 0.3 is 0 Å². The van der Waals surface area contributed by atoms with E-state index in [1.165, 1.54) is 29.5 Å². The molecular weight excluding hydrogens is 268 g/mol. The molecule has 1 saturated heterocycles. The quantitative estimate of drug-likeness (QED) is 0.940. The van der Waals surface area contributed by atoms with Crippen molar-refractivity contribution < 1.29 is 0 Å². The molecule has 1 aliphatic heterocycles. The summed E-state index contributed by atoms with van der Waals surface area (Å²) in [7, 11) is 0. The van der Waals surface area contributed by atoms with Crippen LogP contribution >= 0.6 is 11.3 Å². The number of piperidine rings is 1. The van der Waals surface area contributed by atoms with Crippen LogP contribution in [0.1, 0.15) is 31.7 Å². The summed E-state index contributed by atoms with van der Waals surface area (Å²) in [4.78, 5) is 11.5. The Morgan fingerprint density at radius 2 is 2.30 bits per heavy atom. The average molecular weight is 290 g/mol. The summed E-state index contributed by atoms with van der Waals surface area (Å²) in [5.74, 6) is 1.13. The molecule has 0 aliphatic carbocycles. The van der Waals surface area contributed by atoms with Gasteiger partial charge in [-0.3, -0.25) is 0 Å². The van der Waals surface area contributed by atoms with Crippen LogP contribution in [0.2, 0.25) is 0 Å². The molecule has 1 fully saturated rings. The van der Waals surface area contributed by atoms with Gasteiger partial charge in [-0.2, -0.15) is 0 Å². The van der Waals surface area contributed by atoms with E-state index in [-0.39, 0.29) is 0 Å². The van der Waals surface area contributed by atoms with E-state index in [0.717, 1.165) is 31.0 Å². The highest BCUT2D eigenvalue weighted by Gasteiger charge is 2.25. The molecule has 1 N–H and O–H groups in total. The average Bonchev–Trinajstić information content (AvgIpc) is 2.87. The molecule has 0 radical (unpaired) electrons.